The normalized spacial score (nSPS) is 11.8. The van der Waals surface area contributed by atoms with Crippen molar-refractivity contribution < 1.29 is 14.4 Å². The van der Waals surface area contributed by atoms with Gasteiger partial charge in [-0.3, -0.25) is 14.4 Å². The molecule has 1 unspecified atom stereocenters. The van der Waals surface area contributed by atoms with Crippen LogP contribution in [-0.4, -0.2) is 21.8 Å². The second kappa shape index (κ2) is 4.91. The van der Waals surface area contributed by atoms with Crippen LogP contribution in [0.25, 0.3) is 0 Å². The fraction of sp³-hybridized carbons (Fsp3) is 0.400. The minimum Gasteiger partial charge on any atom is -0.370 e. The van der Waals surface area contributed by atoms with Gasteiger partial charge in [0.05, 0.1) is 6.42 Å². The van der Waals surface area contributed by atoms with Crippen molar-refractivity contribution in [3.8, 4) is 0 Å². The van der Waals surface area contributed by atoms with Crippen molar-refractivity contribution in [3.63, 3.8) is 0 Å². The monoisotopic (exact) mass is 285 g/mol. The minimum atomic E-state index is -1.01. The number of halogens is 1. The number of rotatable bonds is 4. The number of carbonyl (C=O) groups is 3. The van der Waals surface area contributed by atoms with Gasteiger partial charge in [0.25, 0.3) is 3.91 Å². The van der Waals surface area contributed by atoms with Crippen LogP contribution in [0.3, 0.4) is 0 Å². The number of carbonyl (C=O) groups excluding carboxylic acids is 3. The van der Waals surface area contributed by atoms with Crippen LogP contribution in [0.5, 0.6) is 0 Å². The molecule has 0 aliphatic heterocycles. The highest BCUT2D eigenvalue weighted by atomic mass is 127. The summed E-state index contributed by atoms with van der Waals surface area (Å²) < 4.78 is -0.461. The Labute approximate surface area is 82.2 Å². The molecule has 1 atom stereocenters. The maximum absolute atomic E-state index is 10.6. The smallest absolute Gasteiger partial charge is 0.281 e. The third-order valence-corrected chi connectivity index (χ3v) is 1.35. The summed E-state index contributed by atoms with van der Waals surface area (Å²) in [5.74, 6) is -1.47. The second-order valence-electron chi connectivity index (χ2n) is 2.04. The van der Waals surface area contributed by atoms with E-state index in [1.54, 1.807) is 0 Å². The molecule has 0 radical (unpaired) electrons. The molecule has 0 spiro atoms. The zero-order valence-electron chi connectivity index (χ0n) is 6.04. The van der Waals surface area contributed by atoms with E-state index >= 15 is 0 Å². The number of nitrogens with one attached hydrogen (secondary N) is 1. The molecule has 0 rings (SSSR count). The number of amides is 3. The van der Waals surface area contributed by atoms with Crippen LogP contribution in [0.1, 0.15) is 6.42 Å². The Balaban J connectivity index is 4.14. The van der Waals surface area contributed by atoms with E-state index in [4.69, 9.17) is 11.5 Å². The Morgan fingerprint density at radius 3 is 2.08 bits per heavy atom. The van der Waals surface area contributed by atoms with Crippen LogP contribution in [-0.2, 0) is 9.59 Å². The quantitative estimate of drug-likeness (QED) is 0.344. The van der Waals surface area contributed by atoms with E-state index in [1.165, 1.54) is 22.6 Å². The molecule has 0 aromatic heterocycles. The molecule has 5 N–H and O–H groups in total. The first-order valence-electron chi connectivity index (χ1n) is 2.97. The van der Waals surface area contributed by atoms with E-state index in [0.717, 1.165) is 0 Å². The first-order valence-corrected chi connectivity index (χ1v) is 4.05. The lowest BCUT2D eigenvalue weighted by molar-refractivity contribution is -0.124. The highest BCUT2D eigenvalue weighted by Crippen LogP contribution is 1.93. The van der Waals surface area contributed by atoms with E-state index < -0.39 is 21.8 Å². The van der Waals surface area contributed by atoms with E-state index in [2.05, 4.69) is 5.32 Å². The van der Waals surface area contributed by atoms with Gasteiger partial charge in [0.2, 0.25) is 11.8 Å². The van der Waals surface area contributed by atoms with Crippen LogP contribution in [0.2, 0.25) is 0 Å². The van der Waals surface area contributed by atoms with Crippen molar-refractivity contribution in [3.05, 3.63) is 0 Å². The Hall–Kier alpha value is -0.860. The molecule has 12 heavy (non-hydrogen) atoms. The maximum atomic E-state index is 10.6. The second-order valence-corrected chi connectivity index (χ2v) is 3.02. The molecular weight excluding hydrogens is 277 g/mol. The summed E-state index contributed by atoms with van der Waals surface area (Å²) in [6.07, 6.45) is -0.274. The van der Waals surface area contributed by atoms with Crippen molar-refractivity contribution in [2.45, 2.75) is 12.5 Å². The molecule has 68 valence electrons. The zero-order chi connectivity index (χ0) is 9.72. The van der Waals surface area contributed by atoms with Crippen molar-refractivity contribution >= 4 is 38.3 Å². The Kier molecular flexibility index (Phi) is 4.55. The topological polar surface area (TPSA) is 115 Å². The molecule has 7 heteroatoms. The van der Waals surface area contributed by atoms with Crippen LogP contribution < -0.4 is 16.8 Å². The molecule has 0 fully saturated rings. The van der Waals surface area contributed by atoms with Crippen LogP contribution >= 0.6 is 22.6 Å². The van der Waals surface area contributed by atoms with E-state index in [-0.39, 0.29) is 6.42 Å². The molecule has 0 aromatic rings. The van der Waals surface area contributed by atoms with Crippen LogP contribution in [0, 0.1) is 0 Å². The predicted octanol–water partition coefficient (Wildman–Crippen LogP) is -1.14. The fourth-order valence-corrected chi connectivity index (χ4v) is 0.937. The van der Waals surface area contributed by atoms with Gasteiger partial charge in [-0.2, -0.15) is 0 Å². The van der Waals surface area contributed by atoms with E-state index in [1.807, 2.05) is 0 Å². The standard InChI is InChI=1S/C5H8IN3O3/c6-5(12)9-2(4(8)11)1-3(7)10/h2H,1H2,(H2,7,10)(H2,8,11)(H,9,12). The average molecular weight is 285 g/mol. The number of hydrogen-bond acceptors (Lipinski definition) is 3. The van der Waals surface area contributed by atoms with Crippen molar-refractivity contribution in [2.75, 3.05) is 0 Å². The number of primary amides is 2. The molecule has 0 heterocycles. The molecule has 0 saturated heterocycles. The largest absolute Gasteiger partial charge is 0.370 e. The molecule has 0 bridgehead atoms. The summed E-state index contributed by atoms with van der Waals surface area (Å²) >= 11 is 1.43. The summed E-state index contributed by atoms with van der Waals surface area (Å²) in [5.41, 5.74) is 9.67. The summed E-state index contributed by atoms with van der Waals surface area (Å²) in [7, 11) is 0. The lowest BCUT2D eigenvalue weighted by Gasteiger charge is -2.10. The zero-order valence-corrected chi connectivity index (χ0v) is 8.20. The first kappa shape index (κ1) is 11.1. The first-order chi connectivity index (χ1) is 5.43. The average Bonchev–Trinajstić information content (AvgIpc) is 1.83. The van der Waals surface area contributed by atoms with Gasteiger partial charge in [-0.25, -0.2) is 0 Å². The summed E-state index contributed by atoms with van der Waals surface area (Å²) in [4.78, 5) is 31.4. The summed E-state index contributed by atoms with van der Waals surface area (Å²) in [5, 5.41) is 2.18. The molecule has 6 nitrogen and oxygen atoms in total. The number of hydrogen-bond donors (Lipinski definition) is 3. The highest BCUT2D eigenvalue weighted by Gasteiger charge is 2.18. The third kappa shape index (κ3) is 4.88. The van der Waals surface area contributed by atoms with E-state index in [9.17, 15) is 14.4 Å². The predicted molar refractivity (Wildman–Crippen MR) is 49.3 cm³/mol. The maximum Gasteiger partial charge on any atom is 0.281 e. The third-order valence-electron chi connectivity index (χ3n) is 1.04. The van der Waals surface area contributed by atoms with Crippen molar-refractivity contribution in [1.82, 2.24) is 5.32 Å². The SMILES string of the molecule is NC(=O)CC(NC(=O)I)C(N)=O. The number of nitrogens with two attached hydrogens (primary N) is 2. The fourth-order valence-electron chi connectivity index (χ4n) is 0.561. The van der Waals surface area contributed by atoms with Crippen molar-refractivity contribution in [1.29, 1.82) is 0 Å². The lowest BCUT2D eigenvalue weighted by atomic mass is 10.2. The van der Waals surface area contributed by atoms with Crippen molar-refractivity contribution in [2.24, 2.45) is 11.5 Å². The lowest BCUT2D eigenvalue weighted by Crippen LogP contribution is -2.44. The van der Waals surface area contributed by atoms with Gasteiger partial charge in [0, 0.05) is 22.6 Å². The summed E-state index contributed by atoms with van der Waals surface area (Å²) in [6, 6.07) is -1.01. The van der Waals surface area contributed by atoms with Crippen LogP contribution in [0.4, 0.5) is 4.79 Å². The Bertz CT molecular complexity index is 202. The van der Waals surface area contributed by atoms with Crippen LogP contribution in [0.15, 0.2) is 0 Å². The minimum absolute atomic E-state index is 0.274. The van der Waals surface area contributed by atoms with Gasteiger partial charge >= 0.3 is 0 Å². The highest BCUT2D eigenvalue weighted by molar-refractivity contribution is 14.1. The van der Waals surface area contributed by atoms with Gasteiger partial charge in [-0.05, 0) is 0 Å². The van der Waals surface area contributed by atoms with Gasteiger partial charge in [0.15, 0.2) is 0 Å². The molecule has 3 amide bonds. The molecule has 0 aliphatic carbocycles. The van der Waals surface area contributed by atoms with E-state index in [0.29, 0.717) is 0 Å². The molecule has 0 aliphatic rings. The molecule has 0 saturated carbocycles. The van der Waals surface area contributed by atoms with Gasteiger partial charge in [0.1, 0.15) is 6.04 Å². The molecular formula is C5H8IN3O3. The van der Waals surface area contributed by atoms with Gasteiger partial charge < -0.3 is 16.8 Å². The van der Waals surface area contributed by atoms with Gasteiger partial charge in [-0.15, -0.1) is 0 Å². The molecule has 0 aromatic carbocycles. The Morgan fingerprint density at radius 2 is 1.83 bits per heavy atom. The summed E-state index contributed by atoms with van der Waals surface area (Å²) in [6.45, 7) is 0. The Morgan fingerprint density at radius 1 is 1.33 bits per heavy atom. The van der Waals surface area contributed by atoms with Gasteiger partial charge in [-0.1, -0.05) is 0 Å².